The Morgan fingerprint density at radius 2 is 1.87 bits per heavy atom. The summed E-state index contributed by atoms with van der Waals surface area (Å²) in [5, 5.41) is 9.01. The summed E-state index contributed by atoms with van der Waals surface area (Å²) in [6.45, 7) is 5.20. The van der Waals surface area contributed by atoms with Crippen molar-refractivity contribution < 1.29 is 14.3 Å². The number of hydrogen-bond acceptors (Lipinski definition) is 5. The van der Waals surface area contributed by atoms with Gasteiger partial charge in [0.2, 0.25) is 17.8 Å². The van der Waals surface area contributed by atoms with E-state index < -0.39 is 5.91 Å². The molecule has 0 aliphatic rings. The fourth-order valence-electron chi connectivity index (χ4n) is 2.77. The maximum atomic E-state index is 11.6. The van der Waals surface area contributed by atoms with Crippen LogP contribution < -0.4 is 26.4 Å². The van der Waals surface area contributed by atoms with E-state index in [1.807, 2.05) is 26.0 Å². The first kappa shape index (κ1) is 21.1. The maximum Gasteiger partial charge on any atom is 0.248 e. The molecule has 0 aliphatic heterocycles. The molecule has 3 aromatic rings. The normalized spacial score (nSPS) is 10.7. The van der Waals surface area contributed by atoms with Gasteiger partial charge in [-0.2, -0.15) is 0 Å². The minimum Gasteiger partial charge on any atom is -0.489 e. The number of aromatic nitrogens is 2. The smallest absolute Gasteiger partial charge is 0.248 e. The highest BCUT2D eigenvalue weighted by molar-refractivity contribution is 7.80. The summed E-state index contributed by atoms with van der Waals surface area (Å²) in [5.41, 5.74) is 8.19. The molecule has 10 heteroatoms. The van der Waals surface area contributed by atoms with E-state index in [2.05, 4.69) is 25.9 Å². The van der Waals surface area contributed by atoms with Crippen molar-refractivity contribution in [2.45, 2.75) is 26.9 Å². The molecule has 1 heterocycles. The molecule has 2 amide bonds. The average Bonchev–Trinajstić information content (AvgIpc) is 3.05. The van der Waals surface area contributed by atoms with Crippen LogP contribution in [0.15, 0.2) is 36.4 Å². The molecule has 1 aromatic heterocycles. The lowest BCUT2D eigenvalue weighted by Gasteiger charge is -2.17. The second-order valence-corrected chi connectivity index (χ2v) is 7.20. The molecule has 156 valence electrons. The van der Waals surface area contributed by atoms with E-state index in [9.17, 15) is 9.59 Å². The van der Waals surface area contributed by atoms with Crippen LogP contribution >= 0.6 is 12.2 Å². The van der Waals surface area contributed by atoms with Crippen LogP contribution in [0.1, 0.15) is 31.1 Å². The summed E-state index contributed by atoms with van der Waals surface area (Å²) >= 11 is 5.44. The zero-order valence-corrected chi connectivity index (χ0v) is 17.5. The molecule has 0 aliphatic carbocycles. The summed E-state index contributed by atoms with van der Waals surface area (Å²) in [6.07, 6.45) is -0.0727. The lowest BCUT2D eigenvalue weighted by Crippen LogP contribution is -2.21. The van der Waals surface area contributed by atoms with E-state index in [0.29, 0.717) is 34.2 Å². The third kappa shape index (κ3) is 5.03. The number of aromatic amines is 1. The van der Waals surface area contributed by atoms with Gasteiger partial charge in [-0.1, -0.05) is 6.07 Å². The quantitative estimate of drug-likeness (QED) is 0.382. The van der Waals surface area contributed by atoms with Crippen molar-refractivity contribution in [3.63, 3.8) is 0 Å². The first-order valence-electron chi connectivity index (χ1n) is 9.17. The summed E-state index contributed by atoms with van der Waals surface area (Å²) in [7, 11) is 0. The number of carbonyl (C=O) groups excluding carboxylic acids is 2. The van der Waals surface area contributed by atoms with Crippen molar-refractivity contribution in [2.75, 3.05) is 16.0 Å². The van der Waals surface area contributed by atoms with E-state index in [0.717, 1.165) is 5.52 Å². The molecule has 0 radical (unpaired) electrons. The van der Waals surface area contributed by atoms with Crippen molar-refractivity contribution in [3.8, 4) is 5.75 Å². The number of rotatable bonds is 6. The molecule has 30 heavy (non-hydrogen) atoms. The third-order valence-electron chi connectivity index (χ3n) is 3.93. The first-order chi connectivity index (χ1) is 14.2. The number of hydrogen-bond donors (Lipinski definition) is 5. The number of H-pyrrole nitrogens is 1. The van der Waals surface area contributed by atoms with Crippen molar-refractivity contribution >= 4 is 57.5 Å². The largest absolute Gasteiger partial charge is 0.489 e. The van der Waals surface area contributed by atoms with Gasteiger partial charge in [0.05, 0.1) is 23.0 Å². The Hall–Kier alpha value is -3.66. The van der Waals surface area contributed by atoms with Gasteiger partial charge in [0, 0.05) is 12.5 Å². The maximum absolute atomic E-state index is 11.6. The predicted octanol–water partition coefficient (Wildman–Crippen LogP) is 3.22. The lowest BCUT2D eigenvalue weighted by atomic mass is 10.1. The SMILES string of the molecule is CC(=O)Nc1nc2c(NC(=S)Nc3cc(C(N)=O)ccc3OC(C)C)cccc2[nH]1. The van der Waals surface area contributed by atoms with Gasteiger partial charge >= 0.3 is 0 Å². The number of imidazole rings is 1. The number of ether oxygens (including phenoxy) is 1. The highest BCUT2D eigenvalue weighted by Crippen LogP contribution is 2.28. The van der Waals surface area contributed by atoms with Gasteiger partial charge in [0.15, 0.2) is 5.11 Å². The van der Waals surface area contributed by atoms with Crippen LogP contribution in [-0.2, 0) is 4.79 Å². The summed E-state index contributed by atoms with van der Waals surface area (Å²) in [4.78, 5) is 30.2. The van der Waals surface area contributed by atoms with E-state index in [1.165, 1.54) is 6.92 Å². The number of carbonyl (C=O) groups is 2. The molecule has 3 rings (SSSR count). The summed E-state index contributed by atoms with van der Waals surface area (Å²) < 4.78 is 5.78. The molecule has 0 atom stereocenters. The number of nitrogens with one attached hydrogen (secondary N) is 4. The number of nitrogens with two attached hydrogens (primary N) is 1. The van der Waals surface area contributed by atoms with Gasteiger partial charge < -0.3 is 26.1 Å². The number of benzene rings is 2. The lowest BCUT2D eigenvalue weighted by molar-refractivity contribution is -0.114. The molecule has 0 saturated carbocycles. The Labute approximate surface area is 178 Å². The molecule has 0 saturated heterocycles. The van der Waals surface area contributed by atoms with E-state index in [-0.39, 0.29) is 17.1 Å². The van der Waals surface area contributed by atoms with Gasteiger partial charge in [0.25, 0.3) is 0 Å². The van der Waals surface area contributed by atoms with Crippen LogP contribution in [0.25, 0.3) is 11.0 Å². The fraction of sp³-hybridized carbons (Fsp3) is 0.200. The molecular formula is C20H22N6O3S. The van der Waals surface area contributed by atoms with Crippen molar-refractivity contribution in [2.24, 2.45) is 5.73 Å². The molecule has 0 fully saturated rings. The van der Waals surface area contributed by atoms with Crippen LogP contribution in [-0.4, -0.2) is 33.0 Å². The van der Waals surface area contributed by atoms with E-state index >= 15 is 0 Å². The third-order valence-corrected chi connectivity index (χ3v) is 4.13. The van der Waals surface area contributed by atoms with Crippen LogP contribution in [0, 0.1) is 0 Å². The Morgan fingerprint density at radius 1 is 1.13 bits per heavy atom. The minimum atomic E-state index is -0.556. The van der Waals surface area contributed by atoms with E-state index in [4.69, 9.17) is 22.7 Å². The van der Waals surface area contributed by atoms with Gasteiger partial charge in [-0.15, -0.1) is 0 Å². The Morgan fingerprint density at radius 3 is 2.53 bits per heavy atom. The molecular weight excluding hydrogens is 404 g/mol. The zero-order valence-electron chi connectivity index (χ0n) is 16.7. The standard InChI is InChI=1S/C20H22N6O3S/c1-10(2)29-16-8-7-12(18(21)28)9-15(16)25-20(30)24-14-6-4-5-13-17(14)26-19(23-13)22-11(3)27/h4-10H,1-3H3,(H2,21,28)(H2,24,25,30)(H2,22,23,26,27). The fourth-order valence-corrected chi connectivity index (χ4v) is 2.99. The Bertz CT molecular complexity index is 1120. The molecule has 9 nitrogen and oxygen atoms in total. The van der Waals surface area contributed by atoms with Gasteiger partial charge in [-0.25, -0.2) is 4.98 Å². The second kappa shape index (κ2) is 8.78. The topological polar surface area (TPSA) is 134 Å². The zero-order chi connectivity index (χ0) is 21.8. The number of fused-ring (bicyclic) bond motifs is 1. The summed E-state index contributed by atoms with van der Waals surface area (Å²) in [5.74, 6) is 0.0880. The Kier molecular flexibility index (Phi) is 6.17. The van der Waals surface area contributed by atoms with Crippen LogP contribution in [0.5, 0.6) is 5.75 Å². The van der Waals surface area contributed by atoms with Crippen molar-refractivity contribution in [3.05, 3.63) is 42.0 Å². The van der Waals surface area contributed by atoms with Gasteiger partial charge in [-0.3, -0.25) is 14.9 Å². The van der Waals surface area contributed by atoms with Crippen LogP contribution in [0.3, 0.4) is 0 Å². The predicted molar refractivity (Wildman–Crippen MR) is 121 cm³/mol. The molecule has 0 spiro atoms. The number of thiocarbonyl (C=S) groups is 1. The number of nitrogens with zero attached hydrogens (tertiary/aromatic N) is 1. The minimum absolute atomic E-state index is 0.0727. The molecule has 0 unspecified atom stereocenters. The number of para-hydroxylation sites is 1. The molecule has 0 bridgehead atoms. The average molecular weight is 427 g/mol. The highest BCUT2D eigenvalue weighted by Gasteiger charge is 2.13. The highest BCUT2D eigenvalue weighted by atomic mass is 32.1. The first-order valence-corrected chi connectivity index (χ1v) is 9.58. The van der Waals surface area contributed by atoms with Crippen molar-refractivity contribution in [1.82, 2.24) is 9.97 Å². The number of primary amides is 1. The summed E-state index contributed by atoms with van der Waals surface area (Å²) in [6, 6.07) is 10.3. The molecule has 2 aromatic carbocycles. The Balaban J connectivity index is 1.85. The van der Waals surface area contributed by atoms with Crippen LogP contribution in [0.4, 0.5) is 17.3 Å². The van der Waals surface area contributed by atoms with E-state index in [1.54, 1.807) is 24.3 Å². The van der Waals surface area contributed by atoms with Crippen LogP contribution in [0.2, 0.25) is 0 Å². The number of amides is 2. The monoisotopic (exact) mass is 426 g/mol. The van der Waals surface area contributed by atoms with Gasteiger partial charge in [-0.05, 0) is 56.4 Å². The second-order valence-electron chi connectivity index (χ2n) is 6.79. The molecule has 6 N–H and O–H groups in total. The van der Waals surface area contributed by atoms with Gasteiger partial charge in [0.1, 0.15) is 11.3 Å². The van der Waals surface area contributed by atoms with Crippen molar-refractivity contribution in [1.29, 1.82) is 0 Å². The number of anilines is 3.